The molecule has 0 atom stereocenters. The molecule has 5 nitrogen and oxygen atoms in total. The lowest BCUT2D eigenvalue weighted by Gasteiger charge is -2.32. The quantitative estimate of drug-likeness (QED) is 0.601. The molecule has 5 rings (SSSR count). The summed E-state index contributed by atoms with van der Waals surface area (Å²) in [6, 6.07) is 20.4. The van der Waals surface area contributed by atoms with Crippen LogP contribution in [0.2, 0.25) is 0 Å². The van der Waals surface area contributed by atoms with Gasteiger partial charge in [0.2, 0.25) is 0 Å². The van der Waals surface area contributed by atoms with E-state index in [1.807, 2.05) is 40.6 Å². The molecule has 2 aliphatic heterocycles. The Morgan fingerprint density at radius 2 is 1.73 bits per heavy atom. The Bertz CT molecular complexity index is 1220. The summed E-state index contributed by atoms with van der Waals surface area (Å²) in [6.07, 6.45) is 1.87. The highest BCUT2D eigenvalue weighted by molar-refractivity contribution is 7.11. The summed E-state index contributed by atoms with van der Waals surface area (Å²) in [5, 5.41) is 11.0. The summed E-state index contributed by atoms with van der Waals surface area (Å²) in [7, 11) is 0. The van der Waals surface area contributed by atoms with Crippen LogP contribution in [0.25, 0.3) is 5.57 Å². The molecule has 0 bridgehead atoms. The normalized spacial score (nSPS) is 16.1. The first-order valence-corrected chi connectivity index (χ1v) is 10.6. The molecule has 0 saturated heterocycles. The van der Waals surface area contributed by atoms with Crippen molar-refractivity contribution >= 4 is 40.1 Å². The zero-order chi connectivity index (χ0) is 20.7. The summed E-state index contributed by atoms with van der Waals surface area (Å²) in [5.74, 6) is -0.657. The summed E-state index contributed by atoms with van der Waals surface area (Å²) in [4.78, 5) is 31.1. The van der Waals surface area contributed by atoms with Gasteiger partial charge in [-0.25, -0.2) is 4.90 Å². The van der Waals surface area contributed by atoms with Crippen LogP contribution < -0.4 is 9.80 Å². The number of imide groups is 1. The van der Waals surface area contributed by atoms with Crippen LogP contribution in [-0.4, -0.2) is 18.4 Å². The Morgan fingerprint density at radius 3 is 2.47 bits per heavy atom. The largest absolute Gasteiger partial charge is 0.336 e. The molecule has 0 saturated carbocycles. The van der Waals surface area contributed by atoms with Crippen LogP contribution in [0, 0.1) is 11.3 Å². The summed E-state index contributed by atoms with van der Waals surface area (Å²) < 4.78 is 0. The fourth-order valence-corrected chi connectivity index (χ4v) is 4.86. The zero-order valence-electron chi connectivity index (χ0n) is 16.0. The maximum absolute atomic E-state index is 13.6. The minimum Gasteiger partial charge on any atom is -0.336 e. The maximum atomic E-state index is 13.6. The molecule has 0 fully saturated rings. The van der Waals surface area contributed by atoms with Crippen molar-refractivity contribution in [3.63, 3.8) is 0 Å². The van der Waals surface area contributed by atoms with Crippen LogP contribution in [-0.2, 0) is 16.0 Å². The fraction of sp³-hybridized carbons (Fsp3) is 0.125. The van der Waals surface area contributed by atoms with Crippen LogP contribution in [0.15, 0.2) is 71.7 Å². The third-order valence-electron chi connectivity index (χ3n) is 5.46. The molecule has 3 aromatic rings. The SMILES string of the molecule is N#Cc1ccc(N2C(=O)C(c3cccs3)=C(N3CCCc4ccccc43)C2=O)cc1. The van der Waals surface area contributed by atoms with Crippen molar-refractivity contribution in [3.05, 3.63) is 87.7 Å². The summed E-state index contributed by atoms with van der Waals surface area (Å²) >= 11 is 1.45. The molecule has 0 unspecified atom stereocenters. The number of carbonyl (C=O) groups is 2. The zero-order valence-corrected chi connectivity index (χ0v) is 16.9. The fourth-order valence-electron chi connectivity index (χ4n) is 4.10. The highest BCUT2D eigenvalue weighted by Crippen LogP contribution is 2.40. The number of thiophene rings is 1. The number of nitrogens with zero attached hydrogens (tertiary/aromatic N) is 3. The second-order valence-corrected chi connectivity index (χ2v) is 8.14. The van der Waals surface area contributed by atoms with Crippen molar-refractivity contribution < 1.29 is 9.59 Å². The number of hydrogen-bond acceptors (Lipinski definition) is 5. The Hall–Kier alpha value is -3.69. The van der Waals surface area contributed by atoms with E-state index in [0.29, 0.717) is 29.1 Å². The molecule has 0 N–H and O–H groups in total. The van der Waals surface area contributed by atoms with Gasteiger partial charge in [0, 0.05) is 17.1 Å². The van der Waals surface area contributed by atoms with Crippen molar-refractivity contribution in [2.75, 3.05) is 16.3 Å². The Kier molecular flexibility index (Phi) is 4.46. The first-order valence-electron chi connectivity index (χ1n) is 9.71. The van der Waals surface area contributed by atoms with Crippen molar-refractivity contribution in [1.29, 1.82) is 5.26 Å². The highest BCUT2D eigenvalue weighted by Gasteiger charge is 2.43. The number of carbonyl (C=O) groups excluding carboxylic acids is 2. The molecule has 30 heavy (non-hydrogen) atoms. The van der Waals surface area contributed by atoms with Crippen LogP contribution in [0.3, 0.4) is 0 Å². The van der Waals surface area contributed by atoms with Gasteiger partial charge in [0.25, 0.3) is 11.8 Å². The number of rotatable bonds is 3. The number of para-hydroxylation sites is 1. The van der Waals surface area contributed by atoms with E-state index in [1.165, 1.54) is 21.8 Å². The molecule has 0 spiro atoms. The van der Waals surface area contributed by atoms with Crippen molar-refractivity contribution in [3.8, 4) is 6.07 Å². The standard InChI is InChI=1S/C24H17N3O2S/c25-15-16-9-11-18(12-10-16)27-23(28)21(20-8-4-14-30-20)22(24(27)29)26-13-3-6-17-5-1-2-7-19(17)26/h1-2,4-5,7-12,14H,3,6,13H2. The van der Waals surface area contributed by atoms with Crippen LogP contribution in [0.4, 0.5) is 11.4 Å². The summed E-state index contributed by atoms with van der Waals surface area (Å²) in [6.45, 7) is 0.682. The number of amides is 2. The second kappa shape index (κ2) is 7.29. The molecule has 2 aromatic carbocycles. The molecule has 0 aliphatic carbocycles. The van der Waals surface area contributed by atoms with E-state index in [4.69, 9.17) is 5.26 Å². The molecule has 0 radical (unpaired) electrons. The Labute approximate surface area is 178 Å². The highest BCUT2D eigenvalue weighted by atomic mass is 32.1. The minimum absolute atomic E-state index is 0.329. The van der Waals surface area contributed by atoms with E-state index in [1.54, 1.807) is 24.3 Å². The number of anilines is 2. The lowest BCUT2D eigenvalue weighted by molar-refractivity contribution is -0.120. The third kappa shape index (κ3) is 2.83. The van der Waals surface area contributed by atoms with Gasteiger partial charge in [0.05, 0.1) is 22.9 Å². The topological polar surface area (TPSA) is 64.4 Å². The smallest absolute Gasteiger partial charge is 0.282 e. The van der Waals surface area contributed by atoms with E-state index >= 15 is 0 Å². The average molecular weight is 411 g/mol. The number of aryl methyl sites for hydroxylation is 1. The van der Waals surface area contributed by atoms with Gasteiger partial charge in [-0.3, -0.25) is 9.59 Å². The maximum Gasteiger partial charge on any atom is 0.282 e. The van der Waals surface area contributed by atoms with E-state index < -0.39 is 0 Å². The molecule has 6 heteroatoms. The van der Waals surface area contributed by atoms with Gasteiger partial charge < -0.3 is 4.90 Å². The molecule has 3 heterocycles. The number of hydrogen-bond donors (Lipinski definition) is 0. The van der Waals surface area contributed by atoms with Gasteiger partial charge in [-0.05, 0) is 60.2 Å². The first kappa shape index (κ1) is 18.3. The molecular weight excluding hydrogens is 394 g/mol. The monoisotopic (exact) mass is 411 g/mol. The first-order chi connectivity index (χ1) is 14.7. The predicted molar refractivity (Wildman–Crippen MR) is 117 cm³/mol. The number of fused-ring (bicyclic) bond motifs is 1. The van der Waals surface area contributed by atoms with Gasteiger partial charge >= 0.3 is 0 Å². The molecule has 2 amide bonds. The van der Waals surface area contributed by atoms with Gasteiger partial charge in [-0.15, -0.1) is 11.3 Å². The molecule has 1 aromatic heterocycles. The lowest BCUT2D eigenvalue weighted by atomic mass is 10.00. The van der Waals surface area contributed by atoms with E-state index in [9.17, 15) is 9.59 Å². The molecule has 146 valence electrons. The van der Waals surface area contributed by atoms with Crippen molar-refractivity contribution in [1.82, 2.24) is 0 Å². The van der Waals surface area contributed by atoms with E-state index in [2.05, 4.69) is 12.1 Å². The second-order valence-electron chi connectivity index (χ2n) is 7.19. The van der Waals surface area contributed by atoms with Crippen molar-refractivity contribution in [2.45, 2.75) is 12.8 Å². The van der Waals surface area contributed by atoms with Gasteiger partial charge in [0.15, 0.2) is 0 Å². The summed E-state index contributed by atoms with van der Waals surface area (Å²) in [5.41, 5.74) is 3.98. The average Bonchev–Trinajstić information content (AvgIpc) is 3.39. The molecule has 2 aliphatic rings. The third-order valence-corrected chi connectivity index (χ3v) is 6.35. The van der Waals surface area contributed by atoms with Crippen LogP contribution in [0.1, 0.15) is 22.4 Å². The van der Waals surface area contributed by atoms with Crippen LogP contribution in [0.5, 0.6) is 0 Å². The van der Waals surface area contributed by atoms with Crippen molar-refractivity contribution in [2.24, 2.45) is 0 Å². The van der Waals surface area contributed by atoms with Gasteiger partial charge in [-0.2, -0.15) is 5.26 Å². The minimum atomic E-state index is -0.329. The molecular formula is C24H17N3O2S. The Balaban J connectivity index is 1.66. The number of nitriles is 1. The Morgan fingerprint density at radius 1 is 0.933 bits per heavy atom. The lowest BCUT2D eigenvalue weighted by Crippen LogP contribution is -2.37. The predicted octanol–water partition coefficient (Wildman–Crippen LogP) is 4.36. The number of benzene rings is 2. The van der Waals surface area contributed by atoms with Crippen LogP contribution >= 0.6 is 11.3 Å². The van der Waals surface area contributed by atoms with E-state index in [0.717, 1.165) is 23.4 Å². The van der Waals surface area contributed by atoms with Gasteiger partial charge in [0.1, 0.15) is 5.70 Å². The van der Waals surface area contributed by atoms with E-state index in [-0.39, 0.29) is 11.8 Å². The van der Waals surface area contributed by atoms with Gasteiger partial charge in [-0.1, -0.05) is 24.3 Å².